The van der Waals surface area contributed by atoms with Crippen LogP contribution in [0.25, 0.3) is 11.3 Å². The third kappa shape index (κ3) is 4.80. The van der Waals surface area contributed by atoms with E-state index in [0.29, 0.717) is 16.8 Å². The van der Waals surface area contributed by atoms with E-state index < -0.39 is 46.4 Å². The summed E-state index contributed by atoms with van der Waals surface area (Å²) >= 11 is 6.49. The highest BCUT2D eigenvalue weighted by atomic mass is 35.5. The molecular formula is C17H9ClF5N3O2S. The number of amides is 1. The van der Waals surface area contributed by atoms with Gasteiger partial charge in [-0.1, -0.05) is 11.6 Å². The standard InChI is InChI=1S/C17H9ClF5N3O2S/c18-10-4-9(17(21,22)23)5-26(15(10)28)6-14(27)25-16-24-13(7-29-16)8-1-2-11(19)12(20)3-8/h1-5,7H,6H2,(H,24,25,27). The minimum atomic E-state index is -4.75. The van der Waals surface area contributed by atoms with E-state index in [2.05, 4.69) is 10.3 Å². The van der Waals surface area contributed by atoms with Crippen LogP contribution in [-0.4, -0.2) is 15.5 Å². The first-order chi connectivity index (χ1) is 13.5. The minimum Gasteiger partial charge on any atom is -0.304 e. The second-order valence-electron chi connectivity index (χ2n) is 5.72. The molecule has 1 aromatic carbocycles. The van der Waals surface area contributed by atoms with Gasteiger partial charge in [0.1, 0.15) is 11.6 Å². The number of anilines is 1. The van der Waals surface area contributed by atoms with Crippen molar-refractivity contribution < 1.29 is 26.7 Å². The molecule has 2 heterocycles. The summed E-state index contributed by atoms with van der Waals surface area (Å²) in [5.74, 6) is -2.92. The van der Waals surface area contributed by atoms with Crippen molar-refractivity contribution in [3.05, 3.63) is 68.4 Å². The van der Waals surface area contributed by atoms with Gasteiger partial charge in [-0.05, 0) is 24.3 Å². The third-order valence-corrected chi connectivity index (χ3v) is 4.68. The second-order valence-corrected chi connectivity index (χ2v) is 6.99. The molecule has 0 unspecified atom stereocenters. The van der Waals surface area contributed by atoms with Crippen LogP contribution < -0.4 is 10.9 Å². The molecule has 1 N–H and O–H groups in total. The number of pyridine rings is 1. The maximum Gasteiger partial charge on any atom is 0.417 e. The van der Waals surface area contributed by atoms with Gasteiger partial charge in [-0.2, -0.15) is 13.2 Å². The van der Waals surface area contributed by atoms with Crippen LogP contribution >= 0.6 is 22.9 Å². The van der Waals surface area contributed by atoms with Gasteiger partial charge in [0, 0.05) is 17.1 Å². The number of alkyl halides is 3. The molecule has 29 heavy (non-hydrogen) atoms. The molecule has 0 aliphatic rings. The lowest BCUT2D eigenvalue weighted by Crippen LogP contribution is -2.29. The Labute approximate surface area is 168 Å². The highest BCUT2D eigenvalue weighted by Gasteiger charge is 2.32. The van der Waals surface area contributed by atoms with Crippen molar-refractivity contribution in [2.24, 2.45) is 0 Å². The molecule has 5 nitrogen and oxygen atoms in total. The van der Waals surface area contributed by atoms with Gasteiger partial charge >= 0.3 is 6.18 Å². The van der Waals surface area contributed by atoms with Crippen molar-refractivity contribution in [3.8, 4) is 11.3 Å². The van der Waals surface area contributed by atoms with Gasteiger partial charge in [-0.25, -0.2) is 13.8 Å². The van der Waals surface area contributed by atoms with Crippen molar-refractivity contribution in [1.82, 2.24) is 9.55 Å². The molecule has 0 saturated heterocycles. The van der Waals surface area contributed by atoms with Gasteiger partial charge in [0.15, 0.2) is 16.8 Å². The maximum atomic E-state index is 13.3. The molecule has 0 atom stereocenters. The maximum absolute atomic E-state index is 13.3. The first kappa shape index (κ1) is 20.9. The van der Waals surface area contributed by atoms with Crippen LogP contribution in [0.5, 0.6) is 0 Å². The molecule has 1 amide bonds. The Morgan fingerprint density at radius 2 is 1.93 bits per heavy atom. The summed E-state index contributed by atoms with van der Waals surface area (Å²) in [6.45, 7) is -0.734. The lowest BCUT2D eigenvalue weighted by atomic mass is 10.2. The number of halogens is 6. The molecule has 3 rings (SSSR count). The van der Waals surface area contributed by atoms with E-state index in [0.717, 1.165) is 23.5 Å². The average Bonchev–Trinajstić information content (AvgIpc) is 3.08. The summed E-state index contributed by atoms with van der Waals surface area (Å²) in [5.41, 5.74) is -1.62. The molecule has 12 heteroatoms. The summed E-state index contributed by atoms with van der Waals surface area (Å²) < 4.78 is 65.4. The Morgan fingerprint density at radius 3 is 2.59 bits per heavy atom. The summed E-state index contributed by atoms with van der Waals surface area (Å²) in [5, 5.41) is 3.17. The van der Waals surface area contributed by atoms with Crippen LogP contribution in [0.3, 0.4) is 0 Å². The van der Waals surface area contributed by atoms with Crippen LogP contribution in [-0.2, 0) is 17.5 Å². The van der Waals surface area contributed by atoms with Crippen molar-refractivity contribution in [2.75, 3.05) is 5.32 Å². The van der Waals surface area contributed by atoms with E-state index in [1.807, 2.05) is 0 Å². The Morgan fingerprint density at radius 1 is 1.21 bits per heavy atom. The topological polar surface area (TPSA) is 64.0 Å². The molecule has 0 fully saturated rings. The van der Waals surface area contributed by atoms with Crippen LogP contribution in [0.4, 0.5) is 27.1 Å². The number of nitrogens with zero attached hydrogens (tertiary/aromatic N) is 2. The van der Waals surface area contributed by atoms with Gasteiger partial charge in [-0.15, -0.1) is 11.3 Å². The Hall–Kier alpha value is -2.79. The number of rotatable bonds is 4. The molecule has 0 aliphatic carbocycles. The molecule has 0 spiro atoms. The van der Waals surface area contributed by atoms with Crippen LogP contribution in [0, 0.1) is 11.6 Å². The zero-order valence-electron chi connectivity index (χ0n) is 14.1. The number of aromatic nitrogens is 2. The van der Waals surface area contributed by atoms with Gasteiger partial charge < -0.3 is 9.88 Å². The fraction of sp³-hybridized carbons (Fsp3) is 0.118. The van der Waals surface area contributed by atoms with Crippen molar-refractivity contribution in [3.63, 3.8) is 0 Å². The minimum absolute atomic E-state index is 0.0563. The number of nitrogens with one attached hydrogen (secondary N) is 1. The summed E-state index contributed by atoms with van der Waals surface area (Å²) in [7, 11) is 0. The quantitative estimate of drug-likeness (QED) is 0.594. The van der Waals surface area contributed by atoms with E-state index in [1.165, 1.54) is 11.4 Å². The average molecular weight is 450 g/mol. The SMILES string of the molecule is O=C(Cn1cc(C(F)(F)F)cc(Cl)c1=O)Nc1nc(-c2ccc(F)c(F)c2)cs1. The summed E-state index contributed by atoms with van der Waals surface area (Å²) in [6.07, 6.45) is -4.26. The second kappa shape index (κ2) is 7.91. The highest BCUT2D eigenvalue weighted by molar-refractivity contribution is 7.14. The largest absolute Gasteiger partial charge is 0.417 e. The van der Waals surface area contributed by atoms with Crippen LogP contribution in [0.15, 0.2) is 40.6 Å². The number of carbonyl (C=O) groups is 1. The number of benzene rings is 1. The van der Waals surface area contributed by atoms with Gasteiger partial charge in [-0.3, -0.25) is 9.59 Å². The molecule has 0 radical (unpaired) electrons. The molecule has 0 aliphatic heterocycles. The Bertz CT molecular complexity index is 1140. The first-order valence-corrected chi connectivity index (χ1v) is 8.98. The van der Waals surface area contributed by atoms with E-state index >= 15 is 0 Å². The number of hydrogen-bond donors (Lipinski definition) is 1. The molecular weight excluding hydrogens is 441 g/mol. The molecule has 0 bridgehead atoms. The van der Waals surface area contributed by atoms with Crippen LogP contribution in [0.2, 0.25) is 5.02 Å². The molecule has 3 aromatic rings. The lowest BCUT2D eigenvalue weighted by Gasteiger charge is -2.11. The Balaban J connectivity index is 1.77. The molecule has 0 saturated carbocycles. The fourth-order valence-electron chi connectivity index (χ4n) is 2.30. The van der Waals surface area contributed by atoms with E-state index in [1.54, 1.807) is 0 Å². The van der Waals surface area contributed by atoms with E-state index in [9.17, 15) is 31.5 Å². The normalized spacial score (nSPS) is 11.5. The van der Waals surface area contributed by atoms with E-state index in [4.69, 9.17) is 11.6 Å². The smallest absolute Gasteiger partial charge is 0.304 e. The van der Waals surface area contributed by atoms with Gasteiger partial charge in [0.25, 0.3) is 5.56 Å². The highest BCUT2D eigenvalue weighted by Crippen LogP contribution is 2.30. The van der Waals surface area contributed by atoms with Crippen molar-refractivity contribution in [1.29, 1.82) is 0 Å². The molecule has 152 valence electrons. The van der Waals surface area contributed by atoms with E-state index in [-0.39, 0.29) is 16.4 Å². The first-order valence-electron chi connectivity index (χ1n) is 7.72. The van der Waals surface area contributed by atoms with Gasteiger partial charge in [0.05, 0.1) is 11.3 Å². The summed E-state index contributed by atoms with van der Waals surface area (Å²) in [6, 6.07) is 3.63. The fourth-order valence-corrected chi connectivity index (χ4v) is 3.27. The number of carbonyl (C=O) groups excluding carboxylic acids is 1. The number of hydrogen-bond acceptors (Lipinski definition) is 4. The van der Waals surface area contributed by atoms with Crippen LogP contribution in [0.1, 0.15) is 5.56 Å². The van der Waals surface area contributed by atoms with Gasteiger partial charge in [0.2, 0.25) is 5.91 Å². The zero-order valence-corrected chi connectivity index (χ0v) is 15.6. The Kier molecular flexibility index (Phi) is 5.71. The summed E-state index contributed by atoms with van der Waals surface area (Å²) in [4.78, 5) is 28.0. The zero-order chi connectivity index (χ0) is 21.3. The lowest BCUT2D eigenvalue weighted by molar-refractivity contribution is -0.138. The third-order valence-electron chi connectivity index (χ3n) is 3.65. The predicted octanol–water partition coefficient (Wildman–Crippen LogP) is 4.56. The molecule has 2 aromatic heterocycles. The predicted molar refractivity (Wildman–Crippen MR) is 96.8 cm³/mol. The van der Waals surface area contributed by atoms with Crippen molar-refractivity contribution in [2.45, 2.75) is 12.7 Å². The monoisotopic (exact) mass is 449 g/mol. The number of thiazole rings is 1. The van der Waals surface area contributed by atoms with Crippen molar-refractivity contribution >= 4 is 34.0 Å².